The highest BCUT2D eigenvalue weighted by molar-refractivity contribution is 6.15. The quantitative estimate of drug-likeness (QED) is 0.439. The first-order valence-electron chi connectivity index (χ1n) is 9.12. The number of nitro groups is 1. The maximum absolute atomic E-state index is 12.7. The van der Waals surface area contributed by atoms with Crippen LogP contribution in [0.5, 0.6) is 11.5 Å². The van der Waals surface area contributed by atoms with Crippen molar-refractivity contribution < 1.29 is 19.6 Å². The van der Waals surface area contributed by atoms with E-state index in [-0.39, 0.29) is 23.0 Å². The van der Waals surface area contributed by atoms with Crippen molar-refractivity contribution in [1.29, 1.82) is 0 Å². The maximum Gasteiger partial charge on any atom is 0.269 e. The van der Waals surface area contributed by atoms with Gasteiger partial charge < -0.3 is 14.7 Å². The summed E-state index contributed by atoms with van der Waals surface area (Å²) in [5.74, 6) is 0.325. The maximum atomic E-state index is 12.7. The van der Waals surface area contributed by atoms with E-state index in [0.29, 0.717) is 29.0 Å². The van der Waals surface area contributed by atoms with Gasteiger partial charge in [0, 0.05) is 18.7 Å². The average Bonchev–Trinajstić information content (AvgIpc) is 2.98. The number of nitro benzene ring substituents is 1. The molecule has 2 aromatic rings. The van der Waals surface area contributed by atoms with Gasteiger partial charge in [-0.05, 0) is 55.9 Å². The fourth-order valence-corrected chi connectivity index (χ4v) is 3.07. The molecule has 2 aromatic carbocycles. The zero-order chi connectivity index (χ0) is 20.3. The number of phenolic OH excluding ortho intramolecular Hbond substituents is 1. The Kier molecular flexibility index (Phi) is 5.75. The Balaban J connectivity index is 1.87. The van der Waals surface area contributed by atoms with Gasteiger partial charge in [-0.15, -0.1) is 0 Å². The Morgan fingerprint density at radius 3 is 2.57 bits per heavy atom. The predicted molar refractivity (Wildman–Crippen MR) is 105 cm³/mol. The molecule has 146 valence electrons. The molecule has 7 nitrogen and oxygen atoms in total. The van der Waals surface area contributed by atoms with Crippen LogP contribution >= 0.6 is 0 Å². The highest BCUT2D eigenvalue weighted by atomic mass is 16.6. The number of ketones is 1. The molecule has 0 amide bonds. The second-order valence-electron chi connectivity index (χ2n) is 6.82. The summed E-state index contributed by atoms with van der Waals surface area (Å²) in [5, 5.41) is 21.1. The summed E-state index contributed by atoms with van der Waals surface area (Å²) in [6.45, 7) is 3.45. The van der Waals surface area contributed by atoms with Crippen LogP contribution in [0.4, 0.5) is 5.69 Å². The lowest BCUT2D eigenvalue weighted by atomic mass is 10.0. The fraction of sp³-hybridized carbons (Fsp3) is 0.286. The lowest BCUT2D eigenvalue weighted by Crippen LogP contribution is -2.19. The van der Waals surface area contributed by atoms with Gasteiger partial charge in [0.15, 0.2) is 5.76 Å². The van der Waals surface area contributed by atoms with Gasteiger partial charge in [0.1, 0.15) is 11.5 Å². The summed E-state index contributed by atoms with van der Waals surface area (Å²) in [6, 6.07) is 8.93. The summed E-state index contributed by atoms with van der Waals surface area (Å²) < 4.78 is 5.81. The van der Waals surface area contributed by atoms with Crippen LogP contribution < -0.4 is 4.74 Å². The molecule has 0 saturated carbocycles. The lowest BCUT2D eigenvalue weighted by molar-refractivity contribution is -0.384. The normalized spacial score (nSPS) is 14.4. The number of Topliss-reactive ketones (excluding diaryl/α,β-unsaturated/α-hetero) is 1. The largest absolute Gasteiger partial charge is 0.507 e. The Morgan fingerprint density at radius 2 is 1.93 bits per heavy atom. The van der Waals surface area contributed by atoms with Crippen LogP contribution in [0, 0.1) is 10.1 Å². The Bertz CT molecular complexity index is 935. The number of fused-ring (bicyclic) bond motifs is 1. The third kappa shape index (κ3) is 4.04. The number of nitrogens with zero attached hydrogens (tertiary/aromatic N) is 2. The van der Waals surface area contributed by atoms with Crippen molar-refractivity contribution >= 4 is 17.5 Å². The molecule has 0 unspecified atom stereocenters. The van der Waals surface area contributed by atoms with E-state index in [0.717, 1.165) is 19.4 Å². The molecule has 1 aliphatic heterocycles. The topological polar surface area (TPSA) is 92.9 Å². The van der Waals surface area contributed by atoms with Gasteiger partial charge in [0.25, 0.3) is 5.69 Å². The van der Waals surface area contributed by atoms with Crippen molar-refractivity contribution in [2.24, 2.45) is 0 Å². The number of benzene rings is 2. The van der Waals surface area contributed by atoms with Crippen molar-refractivity contribution in [2.75, 3.05) is 13.6 Å². The smallest absolute Gasteiger partial charge is 0.269 e. The second-order valence-corrected chi connectivity index (χ2v) is 6.82. The molecule has 0 saturated heterocycles. The van der Waals surface area contributed by atoms with E-state index in [4.69, 9.17) is 4.74 Å². The zero-order valence-electron chi connectivity index (χ0n) is 15.8. The van der Waals surface area contributed by atoms with E-state index >= 15 is 0 Å². The molecule has 0 spiro atoms. The number of aromatic hydroxyl groups is 1. The van der Waals surface area contributed by atoms with Gasteiger partial charge in [0.05, 0.1) is 16.1 Å². The van der Waals surface area contributed by atoms with E-state index in [2.05, 4.69) is 11.8 Å². The molecule has 28 heavy (non-hydrogen) atoms. The highest BCUT2D eigenvalue weighted by Crippen LogP contribution is 2.40. The van der Waals surface area contributed by atoms with Crippen LogP contribution in [0.15, 0.2) is 42.2 Å². The Hall–Kier alpha value is -3.19. The number of non-ortho nitro benzene ring substituents is 1. The van der Waals surface area contributed by atoms with Crippen LogP contribution in [-0.2, 0) is 6.54 Å². The first-order valence-corrected chi connectivity index (χ1v) is 9.12. The van der Waals surface area contributed by atoms with E-state index in [1.54, 1.807) is 24.3 Å². The van der Waals surface area contributed by atoms with Gasteiger partial charge in [-0.3, -0.25) is 14.9 Å². The third-order valence-corrected chi connectivity index (χ3v) is 4.64. The SMILES string of the molecule is CCCCN(C)Cc1c(O)ccc2c1OC(=Cc1ccc([N+](=O)[O-])cc1)C2=O. The van der Waals surface area contributed by atoms with Crippen molar-refractivity contribution in [3.63, 3.8) is 0 Å². The standard InChI is InChI=1S/C21H22N2O5/c1-3-4-11-22(2)13-17-18(24)10-9-16-20(25)19(28-21(16)17)12-14-5-7-15(8-6-14)23(26)27/h5-10,12,24H,3-4,11,13H2,1-2H3. The molecule has 3 rings (SSSR count). The predicted octanol–water partition coefficient (Wildman–Crippen LogP) is 4.15. The van der Waals surface area contributed by atoms with Crippen LogP contribution in [-0.4, -0.2) is 34.3 Å². The number of hydrogen-bond donors (Lipinski definition) is 1. The number of carbonyl (C=O) groups excluding carboxylic acids is 1. The van der Waals surface area contributed by atoms with Crippen molar-refractivity contribution in [3.05, 3.63) is 69.0 Å². The van der Waals surface area contributed by atoms with Gasteiger partial charge in [-0.2, -0.15) is 0 Å². The fourth-order valence-electron chi connectivity index (χ4n) is 3.07. The number of hydrogen-bond acceptors (Lipinski definition) is 6. The van der Waals surface area contributed by atoms with Crippen molar-refractivity contribution in [1.82, 2.24) is 4.90 Å². The van der Waals surface area contributed by atoms with Crippen LogP contribution in [0.2, 0.25) is 0 Å². The Morgan fingerprint density at radius 1 is 1.21 bits per heavy atom. The van der Waals surface area contributed by atoms with E-state index in [9.17, 15) is 20.0 Å². The minimum absolute atomic E-state index is 0.0218. The van der Waals surface area contributed by atoms with E-state index in [1.165, 1.54) is 18.2 Å². The van der Waals surface area contributed by atoms with Crippen LogP contribution in [0.1, 0.15) is 41.3 Å². The van der Waals surface area contributed by atoms with Crippen LogP contribution in [0.25, 0.3) is 6.08 Å². The summed E-state index contributed by atoms with van der Waals surface area (Å²) in [5.41, 5.74) is 1.58. The monoisotopic (exact) mass is 382 g/mol. The highest BCUT2D eigenvalue weighted by Gasteiger charge is 2.31. The van der Waals surface area contributed by atoms with E-state index in [1.807, 2.05) is 7.05 Å². The minimum atomic E-state index is -0.478. The lowest BCUT2D eigenvalue weighted by Gasteiger charge is -2.18. The number of rotatable bonds is 7. The van der Waals surface area contributed by atoms with Crippen molar-refractivity contribution in [3.8, 4) is 11.5 Å². The van der Waals surface area contributed by atoms with Gasteiger partial charge in [-0.25, -0.2) is 0 Å². The van der Waals surface area contributed by atoms with Crippen molar-refractivity contribution in [2.45, 2.75) is 26.3 Å². The number of phenols is 1. The summed E-state index contributed by atoms with van der Waals surface area (Å²) in [4.78, 5) is 25.1. The van der Waals surface area contributed by atoms with Gasteiger partial charge in [0.2, 0.25) is 5.78 Å². The molecule has 1 N–H and O–H groups in total. The molecule has 1 aliphatic rings. The summed E-state index contributed by atoms with van der Waals surface area (Å²) >= 11 is 0. The summed E-state index contributed by atoms with van der Waals surface area (Å²) in [6.07, 6.45) is 3.66. The molecule has 7 heteroatoms. The minimum Gasteiger partial charge on any atom is -0.507 e. The van der Waals surface area contributed by atoms with Gasteiger partial charge in [-0.1, -0.05) is 13.3 Å². The molecule has 0 bridgehead atoms. The first-order chi connectivity index (χ1) is 13.4. The van der Waals surface area contributed by atoms with Crippen LogP contribution in [0.3, 0.4) is 0 Å². The molecular formula is C21H22N2O5. The second kappa shape index (κ2) is 8.22. The first kappa shape index (κ1) is 19.6. The molecular weight excluding hydrogens is 360 g/mol. The molecule has 0 aliphatic carbocycles. The number of carbonyl (C=O) groups is 1. The van der Waals surface area contributed by atoms with E-state index < -0.39 is 4.92 Å². The number of unbranched alkanes of at least 4 members (excludes halogenated alkanes) is 1. The molecule has 1 heterocycles. The molecule has 0 atom stereocenters. The molecule has 0 fully saturated rings. The average molecular weight is 382 g/mol. The summed E-state index contributed by atoms with van der Waals surface area (Å²) in [7, 11) is 1.96. The molecule has 0 radical (unpaired) electrons. The van der Waals surface area contributed by atoms with Gasteiger partial charge >= 0.3 is 0 Å². The number of ether oxygens (including phenoxy) is 1. The Labute approximate surface area is 163 Å². The number of allylic oxidation sites excluding steroid dienone is 1. The zero-order valence-corrected chi connectivity index (χ0v) is 15.8. The third-order valence-electron chi connectivity index (χ3n) is 4.64. The molecule has 0 aromatic heterocycles.